The molecule has 0 spiro atoms. The van der Waals surface area contributed by atoms with E-state index >= 15 is 0 Å². The normalized spacial score (nSPS) is 13.6. The van der Waals surface area contributed by atoms with Gasteiger partial charge < -0.3 is 25.7 Å². The van der Waals surface area contributed by atoms with E-state index < -0.39 is 36.9 Å². The molecule has 75 heavy (non-hydrogen) atoms. The molecule has 0 rings (SSSR count). The molecule has 0 radical (unpaired) electrons. The van der Waals surface area contributed by atoms with Crippen molar-refractivity contribution in [1.29, 1.82) is 0 Å². The van der Waals surface area contributed by atoms with Crippen LogP contribution in [0.4, 0.5) is 0 Å². The highest BCUT2D eigenvalue weighted by Gasteiger charge is 2.28. The average Bonchev–Trinajstić information content (AvgIpc) is 3.42. The van der Waals surface area contributed by atoms with Crippen LogP contribution in [0.25, 0.3) is 0 Å². The standard InChI is InChI=1S/C69H135NO5/c1-3-5-7-9-11-13-15-17-19-21-23-25-27-29-30-31-32-33-34-35-36-37-39-41-43-45-47-49-51-53-55-57-59-61-63-67(73)69(75)70-65(64-71)68(74)66(72)62-60-58-56-54-52-50-48-46-44-42-40-38-28-26-24-22-20-18-16-14-12-10-8-6-4-2/h27,29,31-32,65-68,71-74H,3-26,28,30,33-64H2,1-2H3,(H,70,75)/b29-27-,32-31-. The van der Waals surface area contributed by atoms with E-state index in [4.69, 9.17) is 0 Å². The van der Waals surface area contributed by atoms with Crippen LogP contribution in [0.2, 0.25) is 0 Å². The van der Waals surface area contributed by atoms with Crippen molar-refractivity contribution < 1.29 is 25.2 Å². The zero-order valence-corrected chi connectivity index (χ0v) is 50.8. The fraction of sp³-hybridized carbons (Fsp3) is 0.928. The minimum atomic E-state index is -1.26. The Morgan fingerprint density at radius 2 is 0.573 bits per heavy atom. The summed E-state index contributed by atoms with van der Waals surface area (Å²) in [6.45, 7) is 4.11. The van der Waals surface area contributed by atoms with Crippen LogP contribution in [0.15, 0.2) is 24.3 Å². The SMILES string of the molecule is CCCCCCCCCCCCC/C=C\C/C=C\CCCCCCCCCCCCCCCCCCC(O)C(=O)NC(CO)C(O)C(O)CCCCCCCCCCCCCCCCCCCCCCCCCCC. The van der Waals surface area contributed by atoms with Crippen molar-refractivity contribution in [2.45, 2.75) is 404 Å². The molecular formula is C69H135NO5. The molecule has 0 saturated carbocycles. The number of nitrogens with one attached hydrogen (secondary N) is 1. The van der Waals surface area contributed by atoms with Gasteiger partial charge in [-0.15, -0.1) is 0 Å². The predicted molar refractivity (Wildman–Crippen MR) is 330 cm³/mol. The summed E-state index contributed by atoms with van der Waals surface area (Å²) in [5.41, 5.74) is 0. The molecule has 6 nitrogen and oxygen atoms in total. The number of carbonyl (C=O) groups is 1. The van der Waals surface area contributed by atoms with Gasteiger partial charge in [0.25, 0.3) is 0 Å². The quantitative estimate of drug-likeness (QED) is 0.0308. The maximum absolute atomic E-state index is 12.7. The highest BCUT2D eigenvalue weighted by Crippen LogP contribution is 2.19. The summed E-state index contributed by atoms with van der Waals surface area (Å²) in [6.07, 6.45) is 80.1. The predicted octanol–water partition coefficient (Wildman–Crippen LogP) is 20.9. The highest BCUT2D eigenvalue weighted by molar-refractivity contribution is 5.80. The molecule has 0 aromatic heterocycles. The first kappa shape index (κ1) is 73.8. The van der Waals surface area contributed by atoms with Gasteiger partial charge in [-0.3, -0.25) is 4.79 Å². The topological polar surface area (TPSA) is 110 Å². The number of aliphatic hydroxyl groups is 4. The van der Waals surface area contributed by atoms with Crippen LogP contribution in [0.5, 0.6) is 0 Å². The molecule has 0 fully saturated rings. The Morgan fingerprint density at radius 1 is 0.333 bits per heavy atom. The van der Waals surface area contributed by atoms with Crippen LogP contribution in [0.3, 0.4) is 0 Å². The number of hydrogen-bond donors (Lipinski definition) is 5. The van der Waals surface area contributed by atoms with Crippen LogP contribution in [0.1, 0.15) is 380 Å². The van der Waals surface area contributed by atoms with E-state index in [0.717, 1.165) is 44.9 Å². The lowest BCUT2D eigenvalue weighted by molar-refractivity contribution is -0.132. The first-order chi connectivity index (χ1) is 37.0. The zero-order valence-electron chi connectivity index (χ0n) is 50.8. The average molecular weight is 1060 g/mol. The summed E-state index contributed by atoms with van der Waals surface area (Å²) in [6, 6.07) is -0.985. The molecule has 0 aliphatic heterocycles. The Balaban J connectivity index is 3.54. The van der Waals surface area contributed by atoms with Crippen molar-refractivity contribution in [2.24, 2.45) is 0 Å². The molecule has 4 atom stereocenters. The van der Waals surface area contributed by atoms with Gasteiger partial charge in [0, 0.05) is 0 Å². The minimum absolute atomic E-state index is 0.372. The number of rotatable bonds is 64. The molecule has 0 heterocycles. The van der Waals surface area contributed by atoms with Crippen molar-refractivity contribution >= 4 is 5.91 Å². The first-order valence-electron chi connectivity index (χ1n) is 34.2. The van der Waals surface area contributed by atoms with Crippen molar-refractivity contribution in [3.8, 4) is 0 Å². The monoisotopic (exact) mass is 1060 g/mol. The van der Waals surface area contributed by atoms with Crippen molar-refractivity contribution in [3.63, 3.8) is 0 Å². The van der Waals surface area contributed by atoms with E-state index in [2.05, 4.69) is 43.5 Å². The maximum Gasteiger partial charge on any atom is 0.249 e. The van der Waals surface area contributed by atoms with E-state index in [-0.39, 0.29) is 0 Å². The van der Waals surface area contributed by atoms with Crippen molar-refractivity contribution in [1.82, 2.24) is 5.32 Å². The van der Waals surface area contributed by atoms with Crippen molar-refractivity contribution in [3.05, 3.63) is 24.3 Å². The third-order valence-corrected chi connectivity index (χ3v) is 16.4. The number of hydrogen-bond acceptors (Lipinski definition) is 5. The summed E-state index contributed by atoms with van der Waals surface area (Å²) in [5.74, 6) is -0.577. The van der Waals surface area contributed by atoms with Gasteiger partial charge in [0.1, 0.15) is 12.2 Å². The van der Waals surface area contributed by atoms with Gasteiger partial charge in [-0.05, 0) is 44.9 Å². The highest BCUT2D eigenvalue weighted by atomic mass is 16.3. The van der Waals surface area contributed by atoms with Crippen LogP contribution < -0.4 is 5.32 Å². The second-order valence-corrected chi connectivity index (χ2v) is 23.9. The molecule has 0 aromatic carbocycles. The van der Waals surface area contributed by atoms with E-state index in [1.54, 1.807) is 0 Å². The summed E-state index contributed by atoms with van der Waals surface area (Å²) in [5, 5.41) is 44.2. The Hall–Kier alpha value is -1.21. The molecule has 4 unspecified atom stereocenters. The molecule has 0 saturated heterocycles. The third kappa shape index (κ3) is 57.3. The van der Waals surface area contributed by atoms with Crippen LogP contribution in [-0.2, 0) is 4.79 Å². The molecule has 0 aromatic rings. The summed E-state index contributed by atoms with van der Waals surface area (Å²) < 4.78 is 0. The van der Waals surface area contributed by atoms with Crippen LogP contribution in [0, 0.1) is 0 Å². The lowest BCUT2D eigenvalue weighted by Crippen LogP contribution is -2.53. The molecular weight excluding hydrogens is 923 g/mol. The lowest BCUT2D eigenvalue weighted by Gasteiger charge is -2.27. The molecule has 1 amide bonds. The van der Waals surface area contributed by atoms with E-state index in [1.165, 1.54) is 308 Å². The number of allylic oxidation sites excluding steroid dienone is 4. The van der Waals surface area contributed by atoms with Crippen LogP contribution in [-0.4, -0.2) is 57.3 Å². The summed E-state index contributed by atoms with van der Waals surface area (Å²) in [4.78, 5) is 12.7. The molecule has 0 aliphatic carbocycles. The van der Waals surface area contributed by atoms with E-state index in [0.29, 0.717) is 12.8 Å². The van der Waals surface area contributed by atoms with Gasteiger partial charge in [-0.2, -0.15) is 0 Å². The fourth-order valence-corrected chi connectivity index (χ4v) is 11.1. The van der Waals surface area contributed by atoms with Crippen LogP contribution >= 0.6 is 0 Å². The molecule has 0 bridgehead atoms. The Kier molecular flexibility index (Phi) is 62.6. The van der Waals surface area contributed by atoms with Gasteiger partial charge in [0.15, 0.2) is 0 Å². The Morgan fingerprint density at radius 3 is 0.840 bits per heavy atom. The second-order valence-electron chi connectivity index (χ2n) is 23.9. The van der Waals surface area contributed by atoms with Gasteiger partial charge >= 0.3 is 0 Å². The molecule has 6 heteroatoms. The maximum atomic E-state index is 12.7. The third-order valence-electron chi connectivity index (χ3n) is 16.4. The zero-order chi connectivity index (χ0) is 54.4. The molecule has 5 N–H and O–H groups in total. The largest absolute Gasteiger partial charge is 0.394 e. The van der Waals surface area contributed by atoms with Gasteiger partial charge in [0.05, 0.1) is 18.8 Å². The van der Waals surface area contributed by atoms with Crippen molar-refractivity contribution in [2.75, 3.05) is 6.61 Å². The number of amides is 1. The first-order valence-corrected chi connectivity index (χ1v) is 34.2. The smallest absolute Gasteiger partial charge is 0.249 e. The van der Waals surface area contributed by atoms with Gasteiger partial charge in [-0.25, -0.2) is 0 Å². The Bertz CT molecular complexity index is 1140. The minimum Gasteiger partial charge on any atom is -0.394 e. The number of aliphatic hydroxyl groups excluding tert-OH is 4. The second kappa shape index (κ2) is 63.6. The lowest BCUT2D eigenvalue weighted by atomic mass is 9.99. The Labute approximate surface area is 469 Å². The summed E-state index contributed by atoms with van der Waals surface area (Å²) in [7, 11) is 0. The fourth-order valence-electron chi connectivity index (χ4n) is 11.1. The van der Waals surface area contributed by atoms with Gasteiger partial charge in [0.2, 0.25) is 5.91 Å². The van der Waals surface area contributed by atoms with Gasteiger partial charge in [-0.1, -0.05) is 359 Å². The summed E-state index contributed by atoms with van der Waals surface area (Å²) >= 11 is 0. The molecule has 0 aliphatic rings. The number of carbonyl (C=O) groups excluding carboxylic acids is 1. The van der Waals surface area contributed by atoms with E-state index in [1.807, 2.05) is 0 Å². The number of unbranched alkanes of at least 4 members (excludes halogenated alkanes) is 51. The molecule has 446 valence electrons. The van der Waals surface area contributed by atoms with E-state index in [9.17, 15) is 25.2 Å².